The summed E-state index contributed by atoms with van der Waals surface area (Å²) in [6, 6.07) is 6.64. The summed E-state index contributed by atoms with van der Waals surface area (Å²) >= 11 is 0. The first-order valence-corrected chi connectivity index (χ1v) is 7.69. The van der Waals surface area contributed by atoms with Crippen LogP contribution in [0.15, 0.2) is 29.3 Å². The van der Waals surface area contributed by atoms with Crippen molar-refractivity contribution in [3.63, 3.8) is 0 Å². The molecule has 0 amide bonds. The summed E-state index contributed by atoms with van der Waals surface area (Å²) in [6.45, 7) is 9.09. The van der Waals surface area contributed by atoms with Crippen LogP contribution < -0.4 is 5.73 Å². The molecule has 1 aromatic carbocycles. The van der Waals surface area contributed by atoms with Gasteiger partial charge >= 0.3 is 0 Å². The molecule has 0 unspecified atom stereocenters. The quantitative estimate of drug-likeness (QED) is 0.461. The van der Waals surface area contributed by atoms with Crippen LogP contribution in [0.25, 0.3) is 0 Å². The summed E-state index contributed by atoms with van der Waals surface area (Å²) in [4.78, 5) is 6.74. The normalized spacial score (nSPS) is 17.3. The lowest BCUT2D eigenvalue weighted by Gasteiger charge is -2.32. The Bertz CT molecular complexity index is 491. The van der Waals surface area contributed by atoms with Crippen LogP contribution in [-0.4, -0.2) is 30.5 Å². The Morgan fingerprint density at radius 2 is 1.82 bits per heavy atom. The van der Waals surface area contributed by atoms with Gasteiger partial charge in [0.05, 0.1) is 6.54 Å². The van der Waals surface area contributed by atoms with Crippen molar-refractivity contribution in [3.05, 3.63) is 35.6 Å². The van der Waals surface area contributed by atoms with Crippen molar-refractivity contribution in [1.29, 1.82) is 0 Å². The first-order valence-electron chi connectivity index (χ1n) is 7.69. The molecular formula is C17H27FIN3. The molecule has 0 atom stereocenters. The first-order chi connectivity index (χ1) is 9.88. The third-order valence-electron chi connectivity index (χ3n) is 4.37. The number of halogens is 2. The monoisotopic (exact) mass is 419 g/mol. The Morgan fingerprint density at radius 3 is 2.36 bits per heavy atom. The molecule has 0 aromatic heterocycles. The number of hydrogen-bond acceptors (Lipinski definition) is 1. The Kier molecular flexibility index (Phi) is 7.09. The van der Waals surface area contributed by atoms with E-state index in [2.05, 4.69) is 30.7 Å². The molecule has 22 heavy (non-hydrogen) atoms. The van der Waals surface area contributed by atoms with Gasteiger partial charge in [-0.2, -0.15) is 0 Å². The van der Waals surface area contributed by atoms with E-state index in [1.165, 1.54) is 25.0 Å². The third-order valence-corrected chi connectivity index (χ3v) is 4.37. The highest BCUT2D eigenvalue weighted by Crippen LogP contribution is 2.24. The molecule has 0 radical (unpaired) electrons. The van der Waals surface area contributed by atoms with E-state index >= 15 is 0 Å². The van der Waals surface area contributed by atoms with Gasteiger partial charge in [-0.1, -0.05) is 32.9 Å². The maximum atomic E-state index is 13.0. The van der Waals surface area contributed by atoms with E-state index in [4.69, 9.17) is 5.73 Å². The predicted molar refractivity (Wildman–Crippen MR) is 101 cm³/mol. The number of likely N-dealkylation sites (tertiary alicyclic amines) is 1. The summed E-state index contributed by atoms with van der Waals surface area (Å²) in [5.41, 5.74) is 7.04. The molecule has 5 heteroatoms. The fraction of sp³-hybridized carbons (Fsp3) is 0.588. The average molecular weight is 419 g/mol. The van der Waals surface area contributed by atoms with E-state index in [1.54, 1.807) is 0 Å². The number of nitrogens with zero attached hydrogens (tertiary/aromatic N) is 2. The zero-order valence-electron chi connectivity index (χ0n) is 13.7. The summed E-state index contributed by atoms with van der Waals surface area (Å²) in [5, 5.41) is 0. The fourth-order valence-corrected chi connectivity index (χ4v) is 2.61. The second-order valence-electron chi connectivity index (χ2n) is 6.73. The minimum absolute atomic E-state index is 0. The van der Waals surface area contributed by atoms with E-state index in [0.29, 0.717) is 12.5 Å². The molecule has 1 aromatic rings. The maximum absolute atomic E-state index is 13.0. The van der Waals surface area contributed by atoms with Crippen molar-refractivity contribution in [2.24, 2.45) is 16.6 Å². The molecular weight excluding hydrogens is 392 g/mol. The van der Waals surface area contributed by atoms with Crippen LogP contribution in [0.5, 0.6) is 0 Å². The molecule has 1 saturated heterocycles. The van der Waals surface area contributed by atoms with Gasteiger partial charge in [0.25, 0.3) is 0 Å². The maximum Gasteiger partial charge on any atom is 0.191 e. The fourth-order valence-electron chi connectivity index (χ4n) is 2.61. The molecule has 2 N–H and O–H groups in total. The van der Waals surface area contributed by atoms with Gasteiger partial charge in [0.1, 0.15) is 5.82 Å². The molecule has 0 aliphatic carbocycles. The van der Waals surface area contributed by atoms with Gasteiger partial charge in [-0.25, -0.2) is 4.39 Å². The number of rotatable bonds is 3. The van der Waals surface area contributed by atoms with Crippen LogP contribution in [0.1, 0.15) is 39.2 Å². The SMILES string of the molecule is CC1CCN(C(N)=NCC(C)(C)c2ccc(F)cc2)CC1.I. The highest BCUT2D eigenvalue weighted by atomic mass is 127. The Morgan fingerprint density at radius 1 is 1.27 bits per heavy atom. The Balaban J connectivity index is 0.00000242. The van der Waals surface area contributed by atoms with E-state index in [-0.39, 0.29) is 35.2 Å². The largest absolute Gasteiger partial charge is 0.370 e. The third kappa shape index (κ3) is 5.11. The molecule has 1 fully saturated rings. The number of nitrogens with two attached hydrogens (primary N) is 1. The highest BCUT2D eigenvalue weighted by molar-refractivity contribution is 14.0. The lowest BCUT2D eigenvalue weighted by Crippen LogP contribution is -2.43. The van der Waals surface area contributed by atoms with Crippen LogP contribution >= 0.6 is 24.0 Å². The van der Waals surface area contributed by atoms with Crippen LogP contribution in [-0.2, 0) is 5.41 Å². The minimum Gasteiger partial charge on any atom is -0.370 e. The van der Waals surface area contributed by atoms with Gasteiger partial charge in [0.15, 0.2) is 5.96 Å². The topological polar surface area (TPSA) is 41.6 Å². The zero-order valence-corrected chi connectivity index (χ0v) is 16.0. The van der Waals surface area contributed by atoms with Crippen molar-refractivity contribution < 1.29 is 4.39 Å². The van der Waals surface area contributed by atoms with E-state index in [0.717, 1.165) is 24.6 Å². The standard InChI is InChI=1S/C17H26FN3.HI/c1-13-8-10-21(11-9-13)16(19)20-12-17(2,3)14-4-6-15(18)7-5-14;/h4-7,13H,8-12H2,1-3H3,(H2,19,20);1H. The summed E-state index contributed by atoms with van der Waals surface area (Å²) in [6.07, 6.45) is 2.36. The summed E-state index contributed by atoms with van der Waals surface area (Å²) in [5.74, 6) is 1.21. The number of benzene rings is 1. The molecule has 0 bridgehead atoms. The number of guanidine groups is 1. The molecule has 1 aliphatic heterocycles. The molecule has 0 spiro atoms. The van der Waals surface area contributed by atoms with Crippen molar-refractivity contribution in [3.8, 4) is 0 Å². The van der Waals surface area contributed by atoms with Crippen molar-refractivity contribution in [2.45, 2.75) is 39.0 Å². The van der Waals surface area contributed by atoms with Crippen LogP contribution in [0.2, 0.25) is 0 Å². The van der Waals surface area contributed by atoms with Crippen LogP contribution in [0.3, 0.4) is 0 Å². The van der Waals surface area contributed by atoms with Gasteiger partial charge in [-0.3, -0.25) is 4.99 Å². The van der Waals surface area contributed by atoms with Crippen molar-refractivity contribution >= 4 is 29.9 Å². The molecule has 0 saturated carbocycles. The number of hydrogen-bond donors (Lipinski definition) is 1. The van der Waals surface area contributed by atoms with Crippen molar-refractivity contribution in [1.82, 2.24) is 4.90 Å². The molecule has 1 heterocycles. The van der Waals surface area contributed by atoms with Gasteiger partial charge in [-0.05, 0) is 36.5 Å². The van der Waals surface area contributed by atoms with Crippen molar-refractivity contribution in [2.75, 3.05) is 19.6 Å². The average Bonchev–Trinajstić information content (AvgIpc) is 2.46. The lowest BCUT2D eigenvalue weighted by molar-refractivity contribution is 0.277. The zero-order chi connectivity index (χ0) is 15.5. The second kappa shape index (κ2) is 8.13. The van der Waals surface area contributed by atoms with Gasteiger partial charge in [0.2, 0.25) is 0 Å². The second-order valence-corrected chi connectivity index (χ2v) is 6.73. The predicted octanol–water partition coefficient (Wildman–Crippen LogP) is 3.77. The van der Waals surface area contributed by atoms with Crippen LogP contribution in [0, 0.1) is 11.7 Å². The number of piperidine rings is 1. The van der Waals surface area contributed by atoms with Gasteiger partial charge < -0.3 is 10.6 Å². The Labute approximate surface area is 150 Å². The van der Waals surface area contributed by atoms with Gasteiger partial charge in [-0.15, -0.1) is 24.0 Å². The van der Waals surface area contributed by atoms with E-state index < -0.39 is 0 Å². The smallest absolute Gasteiger partial charge is 0.191 e. The van der Waals surface area contributed by atoms with E-state index in [1.807, 2.05) is 12.1 Å². The lowest BCUT2D eigenvalue weighted by atomic mass is 9.85. The molecule has 3 nitrogen and oxygen atoms in total. The summed E-state index contributed by atoms with van der Waals surface area (Å²) in [7, 11) is 0. The number of aliphatic imine (C=N–C) groups is 1. The molecule has 2 rings (SSSR count). The van der Waals surface area contributed by atoms with E-state index in [9.17, 15) is 4.39 Å². The molecule has 1 aliphatic rings. The Hall–Kier alpha value is -0.850. The minimum atomic E-state index is -0.208. The summed E-state index contributed by atoms with van der Waals surface area (Å²) < 4.78 is 13.0. The highest BCUT2D eigenvalue weighted by Gasteiger charge is 2.22. The van der Waals surface area contributed by atoms with Gasteiger partial charge in [0, 0.05) is 18.5 Å². The molecule has 124 valence electrons. The first kappa shape index (κ1) is 19.2. The van der Waals surface area contributed by atoms with Crippen LogP contribution in [0.4, 0.5) is 4.39 Å².